The van der Waals surface area contributed by atoms with Gasteiger partial charge >= 0.3 is 0 Å². The largest absolute Gasteiger partial charge is 0.481 e. The van der Waals surface area contributed by atoms with Gasteiger partial charge in [0.1, 0.15) is 16.9 Å². The Morgan fingerprint density at radius 2 is 2.10 bits per heavy atom. The third-order valence-corrected chi connectivity index (χ3v) is 6.99. The van der Waals surface area contributed by atoms with Gasteiger partial charge in [0.05, 0.1) is 4.90 Å². The lowest BCUT2D eigenvalue weighted by atomic mass is 10.3. The summed E-state index contributed by atoms with van der Waals surface area (Å²) in [4.78, 5) is 0.360. The van der Waals surface area contributed by atoms with E-state index >= 15 is 0 Å². The van der Waals surface area contributed by atoms with Gasteiger partial charge < -0.3 is 4.74 Å². The van der Waals surface area contributed by atoms with Gasteiger partial charge in [0.15, 0.2) is 9.84 Å². The van der Waals surface area contributed by atoms with E-state index in [0.717, 1.165) is 12.2 Å². The molecule has 2 rings (SSSR count). The van der Waals surface area contributed by atoms with E-state index in [9.17, 15) is 8.42 Å². The number of ether oxygens (including phenoxy) is 1. The van der Waals surface area contributed by atoms with Gasteiger partial charge in [0, 0.05) is 0 Å². The second-order valence-corrected chi connectivity index (χ2v) is 8.08. The summed E-state index contributed by atoms with van der Waals surface area (Å²) in [6, 6.07) is 6.58. The fourth-order valence-electron chi connectivity index (χ4n) is 1.89. The Morgan fingerprint density at radius 1 is 1.35 bits per heavy atom. The highest BCUT2D eigenvalue weighted by Gasteiger charge is 2.29. The standard InChI is InChI=1S/C15H17O3S2/c1-2-3-11-18-13-7-9-14(10-8-13)20(16,17)15-6-4-5-12-19-15/h4,7-10,15H,5-6,11-12H2,1H3. The molecule has 0 saturated carbocycles. The van der Waals surface area contributed by atoms with E-state index in [1.807, 2.05) is 0 Å². The Kier molecular flexibility index (Phi) is 5.38. The molecule has 1 radical (unpaired) electrons. The second-order valence-electron chi connectivity index (χ2n) is 4.35. The number of hydrogen-bond acceptors (Lipinski definition) is 4. The Labute approximate surface area is 125 Å². The van der Waals surface area contributed by atoms with Crippen molar-refractivity contribution < 1.29 is 13.2 Å². The van der Waals surface area contributed by atoms with Crippen LogP contribution in [0.2, 0.25) is 0 Å². The second kappa shape index (κ2) is 7.05. The van der Waals surface area contributed by atoms with Crippen LogP contribution in [0.15, 0.2) is 29.2 Å². The van der Waals surface area contributed by atoms with Gasteiger partial charge in [-0.25, -0.2) is 8.42 Å². The van der Waals surface area contributed by atoms with Crippen molar-refractivity contribution in [3.05, 3.63) is 30.7 Å². The topological polar surface area (TPSA) is 43.4 Å². The maximum absolute atomic E-state index is 12.5. The van der Waals surface area contributed by atoms with Gasteiger partial charge in [0.25, 0.3) is 0 Å². The Balaban J connectivity index is 2.09. The molecular formula is C15H17O3S2. The van der Waals surface area contributed by atoms with Gasteiger partial charge in [0.2, 0.25) is 0 Å². The molecule has 1 atom stereocenters. The fourth-order valence-corrected chi connectivity index (χ4v) is 5.27. The van der Waals surface area contributed by atoms with Crippen LogP contribution in [0.1, 0.15) is 19.8 Å². The molecule has 1 aromatic carbocycles. The van der Waals surface area contributed by atoms with Crippen molar-refractivity contribution in [1.29, 1.82) is 0 Å². The van der Waals surface area contributed by atoms with Crippen LogP contribution in [0.4, 0.5) is 0 Å². The molecule has 1 aromatic rings. The molecule has 107 valence electrons. The van der Waals surface area contributed by atoms with E-state index in [4.69, 9.17) is 4.74 Å². The van der Waals surface area contributed by atoms with Crippen LogP contribution in [-0.4, -0.2) is 25.4 Å². The lowest BCUT2D eigenvalue weighted by molar-refractivity contribution is 0.370. The predicted molar refractivity (Wildman–Crippen MR) is 82.4 cm³/mol. The van der Waals surface area contributed by atoms with Crippen LogP contribution in [0.25, 0.3) is 0 Å². The minimum atomic E-state index is -3.26. The predicted octanol–water partition coefficient (Wildman–Crippen LogP) is 2.92. The smallest absolute Gasteiger partial charge is 0.190 e. The molecule has 1 fully saturated rings. The van der Waals surface area contributed by atoms with Crippen LogP contribution < -0.4 is 4.74 Å². The van der Waals surface area contributed by atoms with Crippen molar-refractivity contribution in [1.82, 2.24) is 0 Å². The van der Waals surface area contributed by atoms with Crippen molar-refractivity contribution in [3.8, 4) is 17.6 Å². The van der Waals surface area contributed by atoms with E-state index < -0.39 is 9.84 Å². The summed E-state index contributed by atoms with van der Waals surface area (Å²) >= 11 is 1.52. The van der Waals surface area contributed by atoms with Crippen LogP contribution in [0.3, 0.4) is 0 Å². The highest BCUT2D eigenvalue weighted by atomic mass is 32.3. The molecule has 0 spiro atoms. The summed E-state index contributed by atoms with van der Waals surface area (Å²) in [5, 5.41) is 0. The molecule has 0 amide bonds. The molecule has 1 heterocycles. The van der Waals surface area contributed by atoms with Crippen molar-refractivity contribution in [2.24, 2.45) is 0 Å². The summed E-state index contributed by atoms with van der Waals surface area (Å²) in [5.41, 5.74) is 0. The molecule has 1 aliphatic rings. The third-order valence-electron chi connectivity index (χ3n) is 2.97. The monoisotopic (exact) mass is 309 g/mol. The minimum absolute atomic E-state index is 0.316. The van der Waals surface area contributed by atoms with E-state index in [2.05, 4.69) is 18.3 Å². The molecule has 1 unspecified atom stereocenters. The van der Waals surface area contributed by atoms with Gasteiger partial charge in [-0.05, 0) is 56.2 Å². The van der Waals surface area contributed by atoms with Gasteiger partial charge in [-0.1, -0.05) is 5.92 Å². The van der Waals surface area contributed by atoms with E-state index in [0.29, 0.717) is 23.7 Å². The molecule has 0 bridgehead atoms. The molecule has 20 heavy (non-hydrogen) atoms. The average molecular weight is 309 g/mol. The van der Waals surface area contributed by atoms with Gasteiger partial charge in [-0.15, -0.1) is 17.7 Å². The zero-order valence-corrected chi connectivity index (χ0v) is 13.0. The fraction of sp³-hybridized carbons (Fsp3) is 0.400. The van der Waals surface area contributed by atoms with Crippen LogP contribution >= 0.6 is 11.8 Å². The van der Waals surface area contributed by atoms with Crippen LogP contribution in [-0.2, 0) is 9.84 Å². The third kappa shape index (κ3) is 3.71. The van der Waals surface area contributed by atoms with Gasteiger partial charge in [-0.2, -0.15) is 0 Å². The summed E-state index contributed by atoms with van der Waals surface area (Å²) < 4.78 is 29.9. The van der Waals surface area contributed by atoms with Gasteiger partial charge in [-0.3, -0.25) is 0 Å². The molecule has 0 N–H and O–H groups in total. The average Bonchev–Trinajstić information content (AvgIpc) is 2.49. The highest BCUT2D eigenvalue weighted by molar-refractivity contribution is 8.13. The quantitative estimate of drug-likeness (QED) is 0.802. The Hall–Kier alpha value is -1.12. The zero-order chi connectivity index (χ0) is 14.4. The molecular weight excluding hydrogens is 292 g/mol. The summed E-state index contributed by atoms with van der Waals surface area (Å²) in [5.74, 6) is 7.04. The minimum Gasteiger partial charge on any atom is -0.481 e. The Bertz CT molecular complexity index is 588. The summed E-state index contributed by atoms with van der Waals surface area (Å²) in [6.45, 7) is 2.06. The Morgan fingerprint density at radius 3 is 2.70 bits per heavy atom. The van der Waals surface area contributed by atoms with Crippen LogP contribution in [0.5, 0.6) is 5.75 Å². The number of rotatable bonds is 4. The molecule has 0 aliphatic carbocycles. The first-order valence-electron chi connectivity index (χ1n) is 6.44. The lowest BCUT2D eigenvalue weighted by Crippen LogP contribution is -2.21. The molecule has 0 aromatic heterocycles. The number of thioether (sulfide) groups is 1. The number of benzene rings is 1. The molecule has 5 heteroatoms. The van der Waals surface area contributed by atoms with Crippen molar-refractivity contribution in [2.45, 2.75) is 29.2 Å². The zero-order valence-electron chi connectivity index (χ0n) is 11.3. The first-order chi connectivity index (χ1) is 9.64. The van der Waals surface area contributed by atoms with E-state index in [1.54, 1.807) is 31.2 Å². The maximum atomic E-state index is 12.5. The van der Waals surface area contributed by atoms with Crippen molar-refractivity contribution >= 4 is 21.6 Å². The highest BCUT2D eigenvalue weighted by Crippen LogP contribution is 2.33. The first kappa shape index (κ1) is 15.3. The van der Waals surface area contributed by atoms with E-state index in [1.165, 1.54) is 11.8 Å². The number of hydrogen-bond donors (Lipinski definition) is 0. The molecule has 1 aliphatic heterocycles. The summed E-state index contributed by atoms with van der Waals surface area (Å²) in [7, 11) is -3.26. The van der Waals surface area contributed by atoms with E-state index in [-0.39, 0.29) is 4.58 Å². The summed E-state index contributed by atoms with van der Waals surface area (Å²) in [6.07, 6.45) is 3.67. The maximum Gasteiger partial charge on any atom is 0.190 e. The first-order valence-corrected chi connectivity index (χ1v) is 9.04. The van der Waals surface area contributed by atoms with Crippen molar-refractivity contribution in [3.63, 3.8) is 0 Å². The van der Waals surface area contributed by atoms with Crippen molar-refractivity contribution in [2.75, 3.05) is 12.4 Å². The number of sulfone groups is 1. The molecule has 1 saturated heterocycles. The SMILES string of the molecule is CC#CCOc1ccc(S(=O)(=O)C2C[CH]CCS2)cc1. The molecule has 3 nitrogen and oxygen atoms in total. The van der Waals surface area contributed by atoms with Crippen LogP contribution in [0, 0.1) is 18.3 Å². The normalized spacial score (nSPS) is 18.9. The lowest BCUT2D eigenvalue weighted by Gasteiger charge is -2.21.